The maximum Gasteiger partial charge on any atom is 0.335 e. The van der Waals surface area contributed by atoms with Gasteiger partial charge in [0.15, 0.2) is 0 Å². The predicted octanol–water partition coefficient (Wildman–Crippen LogP) is 3.72. The van der Waals surface area contributed by atoms with Gasteiger partial charge in [-0.25, -0.2) is 17.9 Å². The number of nitrogens with zero attached hydrogens (tertiary/aromatic N) is 4. The van der Waals surface area contributed by atoms with Crippen LogP contribution in [-0.2, 0) is 23.0 Å². The van der Waals surface area contributed by atoms with Gasteiger partial charge in [-0.15, -0.1) is 5.10 Å². The molecule has 36 heavy (non-hydrogen) atoms. The van der Waals surface area contributed by atoms with Gasteiger partial charge in [-0.1, -0.05) is 51.5 Å². The van der Waals surface area contributed by atoms with E-state index in [0.29, 0.717) is 22.2 Å². The van der Waals surface area contributed by atoms with Crippen LogP contribution < -0.4 is 9.86 Å². The fraction of sp³-hybridized carbons (Fsp3) is 0.200. The fourth-order valence-corrected chi connectivity index (χ4v) is 5.66. The van der Waals surface area contributed by atoms with Gasteiger partial charge in [-0.3, -0.25) is 9.10 Å². The fourth-order valence-electron chi connectivity index (χ4n) is 4.17. The lowest BCUT2D eigenvalue weighted by molar-refractivity contribution is 0.0695. The first-order chi connectivity index (χ1) is 17.1. The first-order valence-corrected chi connectivity index (χ1v) is 13.7. The molecular formula is C25H23BrN4O5S. The number of sulfonamides is 1. The summed E-state index contributed by atoms with van der Waals surface area (Å²) in [7, 11) is -3.79. The number of aryl methyl sites for hydroxylation is 1. The monoisotopic (exact) mass is 570 g/mol. The number of fused-ring (bicyclic) bond motifs is 1. The molecule has 4 rings (SSSR count). The number of halogens is 1. The Morgan fingerprint density at radius 1 is 1.06 bits per heavy atom. The van der Waals surface area contributed by atoms with E-state index >= 15 is 0 Å². The Kier molecular flexibility index (Phi) is 7.51. The zero-order valence-electron chi connectivity index (χ0n) is 19.3. The molecule has 1 aromatic heterocycles. The molecule has 0 amide bonds. The molecule has 0 fully saturated rings. The molecule has 1 heterocycles. The molecule has 11 heteroatoms. The number of carboxylic acids is 1. The van der Waals surface area contributed by atoms with Gasteiger partial charge in [-0.2, -0.15) is 0 Å². The smallest absolute Gasteiger partial charge is 0.335 e. The van der Waals surface area contributed by atoms with Crippen molar-refractivity contribution in [3.8, 4) is 0 Å². The zero-order valence-corrected chi connectivity index (χ0v) is 21.7. The summed E-state index contributed by atoms with van der Waals surface area (Å²) in [5.74, 6) is -1.10. The van der Waals surface area contributed by atoms with Crippen LogP contribution in [0, 0.1) is 0 Å². The quantitative estimate of drug-likeness (QED) is 0.325. The number of aromatic carboxylic acids is 1. The third kappa shape index (κ3) is 5.63. The van der Waals surface area contributed by atoms with Gasteiger partial charge in [0.1, 0.15) is 5.52 Å². The van der Waals surface area contributed by atoms with Crippen molar-refractivity contribution in [2.24, 2.45) is 0 Å². The van der Waals surface area contributed by atoms with Crippen molar-refractivity contribution < 1.29 is 18.3 Å². The molecule has 0 aliphatic heterocycles. The van der Waals surface area contributed by atoms with E-state index in [1.165, 1.54) is 15.1 Å². The summed E-state index contributed by atoms with van der Waals surface area (Å²) in [6.07, 6.45) is 1.40. The molecular weight excluding hydrogens is 548 g/mol. The number of aromatic nitrogens is 3. The summed E-state index contributed by atoms with van der Waals surface area (Å²) in [5.41, 5.74) is 1.14. The van der Waals surface area contributed by atoms with Crippen molar-refractivity contribution >= 4 is 48.5 Å². The Labute approximate surface area is 216 Å². The molecule has 186 valence electrons. The van der Waals surface area contributed by atoms with Crippen LogP contribution >= 0.6 is 15.9 Å². The summed E-state index contributed by atoms with van der Waals surface area (Å²) < 4.78 is 29.3. The van der Waals surface area contributed by atoms with E-state index in [-0.39, 0.29) is 30.5 Å². The third-order valence-electron chi connectivity index (χ3n) is 5.78. The lowest BCUT2D eigenvalue weighted by atomic mass is 9.98. The number of benzene rings is 3. The van der Waals surface area contributed by atoms with Gasteiger partial charge in [0.05, 0.1) is 28.9 Å². The van der Waals surface area contributed by atoms with Gasteiger partial charge in [0.2, 0.25) is 10.0 Å². The highest BCUT2D eigenvalue weighted by Crippen LogP contribution is 2.27. The third-order valence-corrected chi connectivity index (χ3v) is 7.53. The average molecular weight is 571 g/mol. The summed E-state index contributed by atoms with van der Waals surface area (Å²) in [5, 5.41) is 18.2. The molecule has 0 saturated heterocycles. The van der Waals surface area contributed by atoms with Crippen LogP contribution in [0.15, 0.2) is 82.1 Å². The average Bonchev–Trinajstić information content (AvgIpc) is 2.84. The van der Waals surface area contributed by atoms with Crippen molar-refractivity contribution in [3.05, 3.63) is 98.7 Å². The molecule has 0 bridgehead atoms. The number of hydrogen-bond acceptors (Lipinski definition) is 6. The van der Waals surface area contributed by atoms with Crippen LogP contribution in [0.2, 0.25) is 0 Å². The lowest BCUT2D eigenvalue weighted by Crippen LogP contribution is -2.42. The highest BCUT2D eigenvalue weighted by atomic mass is 79.9. The zero-order chi connectivity index (χ0) is 25.9. The largest absolute Gasteiger partial charge is 0.478 e. The van der Waals surface area contributed by atoms with Gasteiger partial charge in [-0.05, 0) is 60.9 Å². The van der Waals surface area contributed by atoms with Crippen LogP contribution in [0.4, 0.5) is 5.69 Å². The second kappa shape index (κ2) is 10.6. The number of carbonyl (C=O) groups is 1. The van der Waals surface area contributed by atoms with E-state index in [1.807, 2.05) is 0 Å². The topological polar surface area (TPSA) is 122 Å². The second-order valence-electron chi connectivity index (χ2n) is 8.28. The molecule has 0 saturated carbocycles. The van der Waals surface area contributed by atoms with Crippen molar-refractivity contribution in [1.29, 1.82) is 0 Å². The molecule has 9 nitrogen and oxygen atoms in total. The molecule has 3 aromatic carbocycles. The number of rotatable bonds is 9. The molecule has 0 aliphatic carbocycles. The summed E-state index contributed by atoms with van der Waals surface area (Å²) >= 11 is 3.36. The standard InChI is InChI=1S/C25H23BrN4O5S/c1-36(34,35)30(19-12-10-18(26)11-13-19)20(16-17-6-2-3-7-21(17)25(32)33)14-15-29-24(31)22-8-4-5-9-23(22)27-28-29/h2-13,20H,14-16H2,1H3,(H,32,33). The van der Waals surface area contributed by atoms with Gasteiger partial charge in [0, 0.05) is 11.0 Å². The van der Waals surface area contributed by atoms with Crippen molar-refractivity contribution in [3.63, 3.8) is 0 Å². The minimum atomic E-state index is -3.79. The van der Waals surface area contributed by atoms with Crippen LogP contribution in [0.1, 0.15) is 22.3 Å². The molecule has 1 unspecified atom stereocenters. The van der Waals surface area contributed by atoms with E-state index in [1.54, 1.807) is 66.7 Å². The normalized spacial score (nSPS) is 12.4. The van der Waals surface area contributed by atoms with Crippen LogP contribution in [0.5, 0.6) is 0 Å². The van der Waals surface area contributed by atoms with Crippen molar-refractivity contribution in [1.82, 2.24) is 15.0 Å². The van der Waals surface area contributed by atoms with Crippen LogP contribution in [0.25, 0.3) is 10.9 Å². The first kappa shape index (κ1) is 25.5. The van der Waals surface area contributed by atoms with E-state index in [4.69, 9.17) is 0 Å². The maximum atomic E-state index is 13.0. The Bertz CT molecular complexity index is 1570. The van der Waals surface area contributed by atoms with E-state index in [0.717, 1.165) is 10.7 Å². The van der Waals surface area contributed by atoms with E-state index in [2.05, 4.69) is 26.2 Å². The second-order valence-corrected chi connectivity index (χ2v) is 11.1. The Hall–Kier alpha value is -3.57. The predicted molar refractivity (Wildman–Crippen MR) is 141 cm³/mol. The Morgan fingerprint density at radius 3 is 2.42 bits per heavy atom. The van der Waals surface area contributed by atoms with E-state index < -0.39 is 22.0 Å². The lowest BCUT2D eigenvalue weighted by Gasteiger charge is -2.32. The van der Waals surface area contributed by atoms with Crippen molar-refractivity contribution in [2.75, 3.05) is 10.6 Å². The Balaban J connectivity index is 1.76. The molecule has 1 atom stereocenters. The molecule has 0 radical (unpaired) electrons. The highest BCUT2D eigenvalue weighted by molar-refractivity contribution is 9.10. The summed E-state index contributed by atoms with van der Waals surface area (Å²) in [6.45, 7) is 0.0825. The van der Waals surface area contributed by atoms with Crippen LogP contribution in [0.3, 0.4) is 0 Å². The highest BCUT2D eigenvalue weighted by Gasteiger charge is 2.29. The molecule has 0 aliphatic rings. The molecule has 4 aromatic rings. The molecule has 0 spiro atoms. The number of carboxylic acid groups (broad SMARTS) is 1. The number of anilines is 1. The molecule has 1 N–H and O–H groups in total. The maximum absolute atomic E-state index is 13.0. The first-order valence-electron chi connectivity index (χ1n) is 11.0. The Morgan fingerprint density at radius 2 is 1.72 bits per heavy atom. The van der Waals surface area contributed by atoms with Crippen LogP contribution in [-0.4, -0.2) is 46.8 Å². The minimum absolute atomic E-state index is 0.0825. The van der Waals surface area contributed by atoms with Gasteiger partial charge < -0.3 is 5.11 Å². The number of hydrogen-bond donors (Lipinski definition) is 1. The van der Waals surface area contributed by atoms with Gasteiger partial charge in [0.25, 0.3) is 5.56 Å². The van der Waals surface area contributed by atoms with Crippen molar-refractivity contribution in [2.45, 2.75) is 25.4 Å². The minimum Gasteiger partial charge on any atom is -0.478 e. The van der Waals surface area contributed by atoms with E-state index in [9.17, 15) is 23.1 Å². The summed E-state index contributed by atoms with van der Waals surface area (Å²) in [4.78, 5) is 24.8. The summed E-state index contributed by atoms with van der Waals surface area (Å²) in [6, 6.07) is 19.4. The van der Waals surface area contributed by atoms with Gasteiger partial charge >= 0.3 is 5.97 Å². The SMILES string of the molecule is CS(=O)(=O)N(c1ccc(Br)cc1)C(CCn1nnc2ccccc2c1=O)Cc1ccccc1C(=O)O.